The molecule has 5 nitrogen and oxygen atoms in total. The number of likely N-dealkylation sites (tertiary alicyclic amines) is 1. The minimum atomic E-state index is -3.89. The van der Waals surface area contributed by atoms with Gasteiger partial charge < -0.3 is 10.6 Å². The molecule has 0 aliphatic carbocycles. The number of nitrogen functional groups attached to an aromatic ring is 1. The molecule has 1 saturated heterocycles. The Morgan fingerprint density at radius 2 is 2.00 bits per heavy atom. The topological polar surface area (TPSA) is 75.4 Å². The lowest BCUT2D eigenvalue weighted by Gasteiger charge is -2.15. The van der Waals surface area contributed by atoms with E-state index in [1.54, 1.807) is 0 Å². The molecule has 1 heterocycles. The maximum absolute atomic E-state index is 13.9. The predicted octanol–water partition coefficient (Wildman–Crippen LogP) is 1.54. The van der Waals surface area contributed by atoms with Crippen LogP contribution in [0.3, 0.4) is 0 Å². The summed E-state index contributed by atoms with van der Waals surface area (Å²) in [5.74, 6) is -0.826. The number of hydrogen-bond donors (Lipinski definition) is 2. The van der Waals surface area contributed by atoms with Crippen LogP contribution in [0.15, 0.2) is 21.5 Å². The maximum Gasteiger partial charge on any atom is 0.243 e. The first kappa shape index (κ1) is 15.7. The molecule has 0 spiro atoms. The van der Waals surface area contributed by atoms with Gasteiger partial charge >= 0.3 is 0 Å². The normalized spacial score (nSPS) is 16.7. The molecule has 8 heteroatoms. The highest BCUT2D eigenvalue weighted by Crippen LogP contribution is 2.25. The van der Waals surface area contributed by atoms with E-state index in [4.69, 9.17) is 5.73 Å². The average Bonchev–Trinajstić information content (AvgIpc) is 2.86. The van der Waals surface area contributed by atoms with Gasteiger partial charge in [0.25, 0.3) is 0 Å². The van der Waals surface area contributed by atoms with Crippen molar-refractivity contribution in [2.75, 3.05) is 31.9 Å². The van der Waals surface area contributed by atoms with Crippen molar-refractivity contribution in [1.29, 1.82) is 0 Å². The molecule has 1 aliphatic heterocycles. The smallest absolute Gasteiger partial charge is 0.243 e. The summed E-state index contributed by atoms with van der Waals surface area (Å²) in [4.78, 5) is 1.75. The fraction of sp³-hybridized carbons (Fsp3) is 0.500. The van der Waals surface area contributed by atoms with Crippen LogP contribution in [0.5, 0.6) is 0 Å². The maximum atomic E-state index is 13.9. The molecule has 1 aliphatic rings. The minimum absolute atomic E-state index is 0.0393. The van der Waals surface area contributed by atoms with Crippen LogP contribution < -0.4 is 10.5 Å². The molecule has 20 heavy (non-hydrogen) atoms. The number of nitrogens with one attached hydrogen (secondary N) is 1. The van der Waals surface area contributed by atoms with Crippen molar-refractivity contribution in [2.45, 2.75) is 17.7 Å². The van der Waals surface area contributed by atoms with E-state index in [1.807, 2.05) is 0 Å². The molecular formula is C12H17BrFN3O2S. The SMILES string of the molecule is Nc1cc(Br)c(F)c(S(=O)(=O)NCCN2CCCC2)c1. The second-order valence-electron chi connectivity index (χ2n) is 4.76. The van der Waals surface area contributed by atoms with Gasteiger partial charge in [0, 0.05) is 18.8 Å². The molecule has 0 radical (unpaired) electrons. The summed E-state index contributed by atoms with van der Waals surface area (Å²) in [7, 11) is -3.89. The number of benzene rings is 1. The van der Waals surface area contributed by atoms with Gasteiger partial charge in [-0.05, 0) is 54.0 Å². The highest BCUT2D eigenvalue weighted by Gasteiger charge is 2.22. The Morgan fingerprint density at radius 3 is 2.65 bits per heavy atom. The molecule has 3 N–H and O–H groups in total. The minimum Gasteiger partial charge on any atom is -0.399 e. The van der Waals surface area contributed by atoms with Crippen molar-refractivity contribution < 1.29 is 12.8 Å². The lowest BCUT2D eigenvalue weighted by atomic mass is 10.3. The van der Waals surface area contributed by atoms with Crippen LogP contribution in [0.1, 0.15) is 12.8 Å². The third kappa shape index (κ3) is 3.69. The van der Waals surface area contributed by atoms with E-state index >= 15 is 0 Å². The first-order valence-electron chi connectivity index (χ1n) is 6.37. The first-order chi connectivity index (χ1) is 9.40. The van der Waals surface area contributed by atoms with E-state index in [2.05, 4.69) is 25.6 Å². The van der Waals surface area contributed by atoms with E-state index in [9.17, 15) is 12.8 Å². The van der Waals surface area contributed by atoms with Crippen molar-refractivity contribution in [1.82, 2.24) is 9.62 Å². The van der Waals surface area contributed by atoms with E-state index in [0.29, 0.717) is 6.54 Å². The third-order valence-electron chi connectivity index (χ3n) is 3.23. The fourth-order valence-electron chi connectivity index (χ4n) is 2.20. The zero-order valence-corrected chi connectivity index (χ0v) is 13.3. The van der Waals surface area contributed by atoms with Gasteiger partial charge in [-0.1, -0.05) is 0 Å². The largest absolute Gasteiger partial charge is 0.399 e. The van der Waals surface area contributed by atoms with Crippen molar-refractivity contribution in [2.24, 2.45) is 0 Å². The van der Waals surface area contributed by atoms with E-state index in [1.165, 1.54) is 6.07 Å². The van der Waals surface area contributed by atoms with Crippen molar-refractivity contribution in [3.05, 3.63) is 22.4 Å². The summed E-state index contributed by atoms with van der Waals surface area (Å²) >= 11 is 2.96. The van der Waals surface area contributed by atoms with Gasteiger partial charge in [0.1, 0.15) is 4.90 Å². The van der Waals surface area contributed by atoms with Crippen LogP contribution >= 0.6 is 15.9 Å². The van der Waals surface area contributed by atoms with Gasteiger partial charge in [0.05, 0.1) is 4.47 Å². The first-order valence-corrected chi connectivity index (χ1v) is 8.64. The van der Waals surface area contributed by atoms with Gasteiger partial charge in [-0.3, -0.25) is 0 Å². The van der Waals surface area contributed by atoms with Crippen molar-refractivity contribution in [3.8, 4) is 0 Å². The number of sulfonamides is 1. The molecule has 2 rings (SSSR count). The highest BCUT2D eigenvalue weighted by molar-refractivity contribution is 9.10. The van der Waals surface area contributed by atoms with Crippen LogP contribution in [-0.2, 0) is 10.0 Å². The lowest BCUT2D eigenvalue weighted by molar-refractivity contribution is 0.344. The molecule has 1 aromatic rings. The Labute approximate surface area is 126 Å². The molecule has 0 aromatic heterocycles. The van der Waals surface area contributed by atoms with Crippen LogP contribution in [0.2, 0.25) is 0 Å². The molecule has 0 bridgehead atoms. The van der Waals surface area contributed by atoms with Gasteiger partial charge in [0.15, 0.2) is 5.82 Å². The zero-order chi connectivity index (χ0) is 14.8. The van der Waals surface area contributed by atoms with Gasteiger partial charge in [-0.2, -0.15) is 0 Å². The molecule has 0 amide bonds. The van der Waals surface area contributed by atoms with Crippen LogP contribution in [0.4, 0.5) is 10.1 Å². The third-order valence-corrected chi connectivity index (χ3v) is 5.26. The second-order valence-corrected chi connectivity index (χ2v) is 7.35. The number of rotatable bonds is 5. The van der Waals surface area contributed by atoms with E-state index < -0.39 is 20.7 Å². The Bertz CT molecular complexity index is 589. The molecule has 112 valence electrons. The summed E-state index contributed by atoms with van der Waals surface area (Å²) in [5, 5.41) is 0. The number of hydrogen-bond acceptors (Lipinski definition) is 4. The number of nitrogens with zero attached hydrogens (tertiary/aromatic N) is 1. The van der Waals surface area contributed by atoms with Crippen LogP contribution in [0, 0.1) is 5.82 Å². The fourth-order valence-corrected chi connectivity index (χ4v) is 3.96. The Morgan fingerprint density at radius 1 is 1.35 bits per heavy atom. The highest BCUT2D eigenvalue weighted by atomic mass is 79.9. The summed E-state index contributed by atoms with van der Waals surface area (Å²) in [6, 6.07) is 2.46. The van der Waals surface area contributed by atoms with Crippen molar-refractivity contribution in [3.63, 3.8) is 0 Å². The van der Waals surface area contributed by atoms with Crippen LogP contribution in [-0.4, -0.2) is 39.5 Å². The molecule has 0 atom stereocenters. The van der Waals surface area contributed by atoms with E-state index in [0.717, 1.165) is 32.0 Å². The summed E-state index contributed by atoms with van der Waals surface area (Å²) < 4.78 is 40.5. The van der Waals surface area contributed by atoms with Crippen molar-refractivity contribution >= 4 is 31.6 Å². The second kappa shape index (κ2) is 6.38. The quantitative estimate of drug-likeness (QED) is 0.776. The van der Waals surface area contributed by atoms with Gasteiger partial charge in [-0.15, -0.1) is 0 Å². The summed E-state index contributed by atoms with van der Waals surface area (Å²) in [6.07, 6.45) is 2.28. The Hall–Kier alpha value is -0.700. The molecule has 0 saturated carbocycles. The molecule has 1 aromatic carbocycles. The van der Waals surface area contributed by atoms with Gasteiger partial charge in [-0.25, -0.2) is 17.5 Å². The lowest BCUT2D eigenvalue weighted by Crippen LogP contribution is -2.33. The standard InChI is InChI=1S/C12H17BrFN3O2S/c13-10-7-9(15)8-11(12(10)14)20(18,19)16-3-6-17-4-1-2-5-17/h7-8,16H,1-6,15H2. The predicted molar refractivity (Wildman–Crippen MR) is 79.4 cm³/mol. The zero-order valence-electron chi connectivity index (χ0n) is 10.9. The number of nitrogens with two attached hydrogens (primary N) is 1. The van der Waals surface area contributed by atoms with Gasteiger partial charge in [0.2, 0.25) is 10.0 Å². The number of halogens is 2. The molecule has 1 fully saturated rings. The summed E-state index contributed by atoms with van der Waals surface area (Å²) in [5.41, 5.74) is 5.75. The van der Waals surface area contributed by atoms with E-state index in [-0.39, 0.29) is 16.7 Å². The Kier molecular flexibility index (Phi) is 5.00. The molecule has 0 unspecified atom stereocenters. The van der Waals surface area contributed by atoms with Crippen LogP contribution in [0.25, 0.3) is 0 Å². The summed E-state index contributed by atoms with van der Waals surface area (Å²) in [6.45, 7) is 2.86. The average molecular weight is 366 g/mol. The molecular weight excluding hydrogens is 349 g/mol. The number of anilines is 1. The Balaban J connectivity index is 2.06. The monoisotopic (exact) mass is 365 g/mol.